The Morgan fingerprint density at radius 3 is 1.53 bits per heavy atom. The molecule has 1 nitrogen and oxygen atoms in total. The van der Waals surface area contributed by atoms with E-state index in [2.05, 4.69) is 223 Å². The van der Waals surface area contributed by atoms with Gasteiger partial charge in [0, 0.05) is 27.8 Å². The smallest absolute Gasteiger partial charge is 0.0546 e. The van der Waals surface area contributed by atoms with Gasteiger partial charge in [0.2, 0.25) is 0 Å². The van der Waals surface area contributed by atoms with Crippen LogP contribution in [0.1, 0.15) is 76.3 Å². The fourth-order valence-electron chi connectivity index (χ4n) is 9.83. The topological polar surface area (TPSA) is 3.24 Å². The fourth-order valence-corrected chi connectivity index (χ4v) is 9.83. The third kappa shape index (κ3) is 5.51. The number of rotatable bonds is 5. The van der Waals surface area contributed by atoms with Crippen LogP contribution in [0.15, 0.2) is 170 Å². The van der Waals surface area contributed by atoms with Crippen LogP contribution in [0.25, 0.3) is 55.3 Å². The predicted molar refractivity (Wildman–Crippen MR) is 243 cm³/mol. The van der Waals surface area contributed by atoms with Gasteiger partial charge in [-0.3, -0.25) is 0 Å². The lowest BCUT2D eigenvalue weighted by molar-refractivity contribution is 0.590. The van der Waals surface area contributed by atoms with Gasteiger partial charge in [-0.15, -0.1) is 0 Å². The maximum absolute atomic E-state index is 2.50. The molecule has 0 fully saturated rings. The van der Waals surface area contributed by atoms with E-state index >= 15 is 0 Å². The van der Waals surface area contributed by atoms with E-state index in [0.29, 0.717) is 0 Å². The maximum Gasteiger partial charge on any atom is 0.0546 e. The molecule has 1 heteroatoms. The molecule has 10 rings (SSSR count). The molecule has 8 aromatic carbocycles. The van der Waals surface area contributed by atoms with Gasteiger partial charge >= 0.3 is 0 Å². The van der Waals surface area contributed by atoms with Crippen molar-refractivity contribution < 1.29 is 0 Å². The van der Waals surface area contributed by atoms with Crippen molar-refractivity contribution >= 4 is 27.8 Å². The largest absolute Gasteiger partial charge is 0.310 e. The second kappa shape index (κ2) is 12.7. The highest BCUT2D eigenvalue weighted by Gasteiger charge is 2.37. The monoisotopic (exact) mass is 735 g/mol. The van der Waals surface area contributed by atoms with Crippen molar-refractivity contribution in [3.8, 4) is 44.5 Å². The molecule has 2 aliphatic carbocycles. The molecule has 0 amide bonds. The summed E-state index contributed by atoms with van der Waals surface area (Å²) < 4.78 is 0. The zero-order valence-electron chi connectivity index (χ0n) is 34.1. The molecule has 2 aliphatic rings. The van der Waals surface area contributed by atoms with Crippen molar-refractivity contribution in [2.75, 3.05) is 4.90 Å². The van der Waals surface area contributed by atoms with Crippen molar-refractivity contribution in [1.29, 1.82) is 0 Å². The molecule has 0 atom stereocenters. The molecule has 0 radical (unpaired) electrons. The molecule has 0 saturated carbocycles. The molecule has 278 valence electrons. The summed E-state index contributed by atoms with van der Waals surface area (Å²) in [6.45, 7) is 16.3. The lowest BCUT2D eigenvalue weighted by atomic mass is 9.81. The van der Waals surface area contributed by atoms with E-state index < -0.39 is 0 Å². The third-order valence-electron chi connectivity index (χ3n) is 13.1. The van der Waals surface area contributed by atoms with Gasteiger partial charge in [0.1, 0.15) is 0 Å². The van der Waals surface area contributed by atoms with Gasteiger partial charge in [-0.1, -0.05) is 182 Å². The second-order valence-corrected chi connectivity index (χ2v) is 18.2. The summed E-state index contributed by atoms with van der Waals surface area (Å²) in [6, 6.07) is 64.0. The van der Waals surface area contributed by atoms with Crippen LogP contribution in [0.5, 0.6) is 0 Å². The van der Waals surface area contributed by atoms with Gasteiger partial charge in [0.05, 0.1) is 5.69 Å². The molecular formula is C56H49N. The van der Waals surface area contributed by atoms with Crippen LogP contribution < -0.4 is 4.90 Å². The van der Waals surface area contributed by atoms with Crippen molar-refractivity contribution in [3.05, 3.63) is 198 Å². The average molecular weight is 736 g/mol. The first-order valence-electron chi connectivity index (χ1n) is 20.4. The Morgan fingerprint density at radius 2 is 0.895 bits per heavy atom. The zero-order valence-corrected chi connectivity index (χ0v) is 34.1. The lowest BCUT2D eigenvalue weighted by Gasteiger charge is -2.31. The lowest BCUT2D eigenvalue weighted by Crippen LogP contribution is -2.17. The molecule has 0 saturated heterocycles. The Labute approximate surface area is 338 Å². The normalized spacial score (nSPS) is 14.5. The van der Waals surface area contributed by atoms with Gasteiger partial charge in [0.25, 0.3) is 0 Å². The van der Waals surface area contributed by atoms with Gasteiger partial charge in [-0.2, -0.15) is 0 Å². The van der Waals surface area contributed by atoms with Gasteiger partial charge in [0.15, 0.2) is 0 Å². The molecular weight excluding hydrogens is 687 g/mol. The summed E-state index contributed by atoms with van der Waals surface area (Å²) >= 11 is 0. The Hall–Kier alpha value is -6.18. The number of hydrogen-bond acceptors (Lipinski definition) is 1. The summed E-state index contributed by atoms with van der Waals surface area (Å²) in [4.78, 5) is 2.50. The number of fused-ring (bicyclic) bond motifs is 7. The maximum atomic E-state index is 2.50. The van der Waals surface area contributed by atoms with E-state index in [1.165, 1.54) is 83.1 Å². The Bertz CT molecular complexity index is 2860. The minimum Gasteiger partial charge on any atom is -0.310 e. The summed E-state index contributed by atoms with van der Waals surface area (Å²) in [6.07, 6.45) is 0. The SMILES string of the molecule is CC(C)(C)c1ccc(-c2ccc(N(c3ccc4c(c3)C(C)(C)c3ccccc3-4)c3ccc4ccccc4c3-c3ccc4c(c3)C(C)(C)c3ccccc3-4)cc2)cc1. The number of benzene rings is 8. The van der Waals surface area contributed by atoms with Crippen LogP contribution in [-0.2, 0) is 16.2 Å². The highest BCUT2D eigenvalue weighted by molar-refractivity contribution is 6.06. The summed E-state index contributed by atoms with van der Waals surface area (Å²) in [5, 5.41) is 2.48. The molecule has 0 N–H and O–H groups in total. The van der Waals surface area contributed by atoms with Crippen LogP contribution in [0.4, 0.5) is 17.1 Å². The first kappa shape index (κ1) is 35.2. The number of hydrogen-bond donors (Lipinski definition) is 0. The predicted octanol–water partition coefficient (Wildman–Crippen LogP) is 15.6. The minimum absolute atomic E-state index is 0.103. The van der Waals surface area contributed by atoms with Crippen LogP contribution in [0.3, 0.4) is 0 Å². The summed E-state index contributed by atoms with van der Waals surface area (Å²) in [5.74, 6) is 0. The van der Waals surface area contributed by atoms with E-state index in [1.54, 1.807) is 0 Å². The quantitative estimate of drug-likeness (QED) is 0.170. The second-order valence-electron chi connectivity index (χ2n) is 18.2. The molecule has 8 aromatic rings. The van der Waals surface area contributed by atoms with E-state index in [4.69, 9.17) is 0 Å². The van der Waals surface area contributed by atoms with E-state index in [1.807, 2.05) is 0 Å². The van der Waals surface area contributed by atoms with Crippen LogP contribution in [0, 0.1) is 0 Å². The Morgan fingerprint density at radius 1 is 0.404 bits per heavy atom. The Balaban J connectivity index is 1.18. The number of nitrogens with zero attached hydrogens (tertiary/aromatic N) is 1. The third-order valence-corrected chi connectivity index (χ3v) is 13.1. The summed E-state index contributed by atoms with van der Waals surface area (Å²) in [5.41, 5.74) is 20.5. The van der Waals surface area contributed by atoms with Gasteiger partial charge < -0.3 is 4.90 Å². The molecule has 0 spiro atoms. The van der Waals surface area contributed by atoms with Crippen LogP contribution >= 0.6 is 0 Å². The van der Waals surface area contributed by atoms with E-state index in [9.17, 15) is 0 Å². The first-order valence-corrected chi connectivity index (χ1v) is 20.4. The molecule has 0 aromatic heterocycles. The van der Waals surface area contributed by atoms with Gasteiger partial charge in [-0.05, 0) is 119 Å². The molecule has 0 unspecified atom stereocenters. The summed E-state index contributed by atoms with van der Waals surface area (Å²) in [7, 11) is 0. The van der Waals surface area contributed by atoms with Crippen LogP contribution in [-0.4, -0.2) is 0 Å². The first-order chi connectivity index (χ1) is 27.4. The highest BCUT2D eigenvalue weighted by atomic mass is 15.1. The van der Waals surface area contributed by atoms with Crippen molar-refractivity contribution in [2.24, 2.45) is 0 Å². The zero-order chi connectivity index (χ0) is 39.3. The minimum atomic E-state index is -0.122. The Kier molecular flexibility index (Phi) is 7.83. The average Bonchev–Trinajstić information content (AvgIpc) is 3.60. The van der Waals surface area contributed by atoms with Crippen LogP contribution in [0.2, 0.25) is 0 Å². The van der Waals surface area contributed by atoms with E-state index in [0.717, 1.165) is 17.1 Å². The fraction of sp³-hybridized carbons (Fsp3) is 0.179. The molecule has 0 heterocycles. The van der Waals surface area contributed by atoms with Crippen molar-refractivity contribution in [3.63, 3.8) is 0 Å². The highest BCUT2D eigenvalue weighted by Crippen LogP contribution is 2.54. The standard InChI is InChI=1S/C56H49N/c1-54(2,3)40-26-20-36(21-27-40)37-22-28-41(29-23-37)57(42-30-32-47-45-17-11-13-19-49(45)56(6,7)51(47)35-42)52-33-25-38-14-8-9-15-43(38)53(52)39-24-31-46-44-16-10-12-18-48(44)55(4,5)50(46)34-39/h8-35H,1-7H3. The van der Waals surface area contributed by atoms with Crippen molar-refractivity contribution in [2.45, 2.75) is 64.7 Å². The molecule has 0 aliphatic heterocycles. The van der Waals surface area contributed by atoms with Crippen molar-refractivity contribution in [1.82, 2.24) is 0 Å². The van der Waals surface area contributed by atoms with E-state index in [-0.39, 0.29) is 16.2 Å². The molecule has 57 heavy (non-hydrogen) atoms. The van der Waals surface area contributed by atoms with Gasteiger partial charge in [-0.25, -0.2) is 0 Å². The number of anilines is 3. The molecule has 0 bridgehead atoms.